The number of hydrogen-bond donors (Lipinski definition) is 1. The molecule has 0 amide bonds. The van der Waals surface area contributed by atoms with Gasteiger partial charge < -0.3 is 10.2 Å². The third-order valence-electron chi connectivity index (χ3n) is 3.75. The minimum atomic E-state index is -4.37. The van der Waals surface area contributed by atoms with Crippen LogP contribution in [0.4, 0.5) is 18.9 Å². The molecular weight excluding hydrogens is 433 g/mol. The topological polar surface area (TPSA) is 15.3 Å². The SMILES string of the molecule is FC(F)(F)c1cccc(NC(=S)N2CCS[C@H]2c2ccc(Br)cc2)c1. The first kappa shape index (κ1) is 18.5. The van der Waals surface area contributed by atoms with Gasteiger partial charge in [-0.3, -0.25) is 0 Å². The summed E-state index contributed by atoms with van der Waals surface area (Å²) in [6.07, 6.45) is -4.37. The first-order chi connectivity index (χ1) is 11.8. The Morgan fingerprint density at radius 1 is 1.20 bits per heavy atom. The molecule has 132 valence electrons. The highest BCUT2D eigenvalue weighted by molar-refractivity contribution is 9.10. The van der Waals surface area contributed by atoms with Crippen molar-refractivity contribution in [3.63, 3.8) is 0 Å². The minimum Gasteiger partial charge on any atom is -0.333 e. The number of nitrogens with one attached hydrogen (secondary N) is 1. The second-order valence-electron chi connectivity index (χ2n) is 5.48. The molecule has 1 atom stereocenters. The third kappa shape index (κ3) is 4.48. The summed E-state index contributed by atoms with van der Waals surface area (Å²) in [5, 5.41) is 3.42. The van der Waals surface area contributed by atoms with Gasteiger partial charge >= 0.3 is 6.18 Å². The molecule has 1 aliphatic heterocycles. The smallest absolute Gasteiger partial charge is 0.333 e. The molecule has 0 unspecified atom stereocenters. The molecule has 2 aromatic carbocycles. The lowest BCUT2D eigenvalue weighted by Gasteiger charge is -2.27. The largest absolute Gasteiger partial charge is 0.416 e. The summed E-state index contributed by atoms with van der Waals surface area (Å²) in [6.45, 7) is 0.746. The molecule has 25 heavy (non-hydrogen) atoms. The molecule has 0 radical (unpaired) electrons. The van der Waals surface area contributed by atoms with Gasteiger partial charge in [-0.15, -0.1) is 11.8 Å². The Bertz CT molecular complexity index is 765. The van der Waals surface area contributed by atoms with Crippen molar-refractivity contribution in [2.45, 2.75) is 11.6 Å². The first-order valence-electron chi connectivity index (χ1n) is 7.46. The summed E-state index contributed by atoms with van der Waals surface area (Å²) in [5.74, 6) is 0.908. The van der Waals surface area contributed by atoms with Crippen LogP contribution in [0, 0.1) is 0 Å². The molecule has 0 aliphatic carbocycles. The number of nitrogens with zero attached hydrogens (tertiary/aromatic N) is 1. The Hall–Kier alpha value is -1.25. The van der Waals surface area contributed by atoms with Crippen molar-refractivity contribution in [3.05, 3.63) is 64.1 Å². The summed E-state index contributed by atoms with van der Waals surface area (Å²) < 4.78 is 39.5. The van der Waals surface area contributed by atoms with Crippen LogP contribution in [0.3, 0.4) is 0 Å². The van der Waals surface area contributed by atoms with Crippen LogP contribution in [0.15, 0.2) is 53.0 Å². The van der Waals surface area contributed by atoms with E-state index in [4.69, 9.17) is 12.2 Å². The van der Waals surface area contributed by atoms with Crippen LogP contribution in [0.1, 0.15) is 16.5 Å². The number of thioether (sulfide) groups is 1. The maximum absolute atomic E-state index is 12.8. The van der Waals surface area contributed by atoms with E-state index in [1.807, 2.05) is 29.2 Å². The highest BCUT2D eigenvalue weighted by Gasteiger charge is 2.31. The Morgan fingerprint density at radius 3 is 2.60 bits per heavy atom. The van der Waals surface area contributed by atoms with E-state index in [0.717, 1.165) is 34.5 Å². The standard InChI is InChI=1S/C17H14BrF3N2S2/c18-13-6-4-11(5-7-13)15-23(8-9-25-15)16(24)22-14-3-1-2-12(10-14)17(19,20)21/h1-7,10,15H,8-9H2,(H,22,24)/t15-/m0/s1. The van der Waals surface area contributed by atoms with Crippen molar-refractivity contribution < 1.29 is 13.2 Å². The number of alkyl halides is 3. The van der Waals surface area contributed by atoms with Crippen molar-refractivity contribution in [3.8, 4) is 0 Å². The van der Waals surface area contributed by atoms with Gasteiger partial charge in [0.2, 0.25) is 0 Å². The van der Waals surface area contributed by atoms with Gasteiger partial charge in [0.25, 0.3) is 0 Å². The van der Waals surface area contributed by atoms with E-state index in [9.17, 15) is 13.2 Å². The number of hydrogen-bond acceptors (Lipinski definition) is 2. The maximum atomic E-state index is 12.8. The fraction of sp³-hybridized carbons (Fsp3) is 0.235. The molecule has 0 aromatic heterocycles. The monoisotopic (exact) mass is 446 g/mol. The van der Waals surface area contributed by atoms with E-state index in [-0.39, 0.29) is 5.37 Å². The van der Waals surface area contributed by atoms with Crippen LogP contribution in [0.25, 0.3) is 0 Å². The van der Waals surface area contributed by atoms with E-state index in [1.54, 1.807) is 17.8 Å². The van der Waals surface area contributed by atoms with Gasteiger partial charge in [-0.1, -0.05) is 34.1 Å². The van der Waals surface area contributed by atoms with E-state index in [0.29, 0.717) is 10.8 Å². The summed E-state index contributed by atoms with van der Waals surface area (Å²) in [5.41, 5.74) is 0.755. The molecule has 0 saturated carbocycles. The molecule has 0 bridgehead atoms. The number of thiocarbonyl (C=S) groups is 1. The zero-order valence-electron chi connectivity index (χ0n) is 12.9. The quantitative estimate of drug-likeness (QED) is 0.576. The highest BCUT2D eigenvalue weighted by atomic mass is 79.9. The average molecular weight is 447 g/mol. The number of rotatable bonds is 2. The van der Waals surface area contributed by atoms with Crippen molar-refractivity contribution in [1.82, 2.24) is 4.90 Å². The van der Waals surface area contributed by atoms with Gasteiger partial charge in [-0.05, 0) is 48.1 Å². The van der Waals surface area contributed by atoms with Crippen LogP contribution in [0.5, 0.6) is 0 Å². The number of benzene rings is 2. The van der Waals surface area contributed by atoms with E-state index >= 15 is 0 Å². The Morgan fingerprint density at radius 2 is 1.92 bits per heavy atom. The first-order valence-corrected chi connectivity index (χ1v) is 9.71. The van der Waals surface area contributed by atoms with Crippen LogP contribution < -0.4 is 5.32 Å². The summed E-state index contributed by atoms with van der Waals surface area (Å²) >= 11 is 10.6. The summed E-state index contributed by atoms with van der Waals surface area (Å²) in [4.78, 5) is 2.00. The number of halogens is 4. The van der Waals surface area contributed by atoms with Crippen molar-refractivity contribution in [1.29, 1.82) is 0 Å². The van der Waals surface area contributed by atoms with Crippen LogP contribution in [-0.4, -0.2) is 22.3 Å². The van der Waals surface area contributed by atoms with Gasteiger partial charge in [0.15, 0.2) is 5.11 Å². The molecule has 3 rings (SSSR count). The van der Waals surface area contributed by atoms with Gasteiger partial charge in [0.1, 0.15) is 5.37 Å². The molecular formula is C17H14BrF3N2S2. The molecule has 1 aliphatic rings. The van der Waals surface area contributed by atoms with Gasteiger partial charge in [0.05, 0.1) is 5.56 Å². The van der Waals surface area contributed by atoms with E-state index < -0.39 is 11.7 Å². The van der Waals surface area contributed by atoms with Crippen LogP contribution in [-0.2, 0) is 6.18 Å². The van der Waals surface area contributed by atoms with E-state index in [2.05, 4.69) is 21.2 Å². The lowest BCUT2D eigenvalue weighted by molar-refractivity contribution is -0.137. The number of anilines is 1. The van der Waals surface area contributed by atoms with Crippen LogP contribution >= 0.6 is 39.9 Å². The fourth-order valence-corrected chi connectivity index (χ4v) is 4.46. The normalized spacial score (nSPS) is 17.6. The van der Waals surface area contributed by atoms with Gasteiger partial charge in [0, 0.05) is 22.5 Å². The van der Waals surface area contributed by atoms with Crippen molar-refractivity contribution in [2.24, 2.45) is 0 Å². The Kier molecular flexibility index (Phi) is 5.60. The Balaban J connectivity index is 1.75. The minimum absolute atomic E-state index is 0.0545. The molecule has 8 heteroatoms. The molecule has 1 heterocycles. The summed E-state index contributed by atoms with van der Waals surface area (Å²) in [7, 11) is 0. The van der Waals surface area contributed by atoms with Gasteiger partial charge in [-0.25, -0.2) is 0 Å². The molecule has 2 aromatic rings. The Labute approximate surface area is 161 Å². The average Bonchev–Trinajstić information content (AvgIpc) is 3.05. The molecule has 1 saturated heterocycles. The van der Waals surface area contributed by atoms with Gasteiger partial charge in [-0.2, -0.15) is 13.2 Å². The second-order valence-corrected chi connectivity index (χ2v) is 7.97. The third-order valence-corrected chi connectivity index (χ3v) is 5.87. The van der Waals surface area contributed by atoms with Crippen molar-refractivity contribution in [2.75, 3.05) is 17.6 Å². The molecule has 1 N–H and O–H groups in total. The summed E-state index contributed by atoms with van der Waals surface area (Å²) in [6, 6.07) is 13.1. The molecule has 0 spiro atoms. The second kappa shape index (κ2) is 7.55. The maximum Gasteiger partial charge on any atom is 0.416 e. The zero-order valence-corrected chi connectivity index (χ0v) is 16.1. The fourth-order valence-electron chi connectivity index (χ4n) is 2.55. The lowest BCUT2D eigenvalue weighted by Crippen LogP contribution is -2.34. The van der Waals surface area contributed by atoms with Crippen molar-refractivity contribution >= 4 is 50.7 Å². The molecule has 1 fully saturated rings. The van der Waals surface area contributed by atoms with E-state index in [1.165, 1.54) is 6.07 Å². The predicted octanol–water partition coefficient (Wildman–Crippen LogP) is 5.91. The zero-order chi connectivity index (χ0) is 18.0. The lowest BCUT2D eigenvalue weighted by atomic mass is 10.2. The highest BCUT2D eigenvalue weighted by Crippen LogP contribution is 2.38. The predicted molar refractivity (Wildman–Crippen MR) is 104 cm³/mol. The van der Waals surface area contributed by atoms with Crippen LogP contribution in [0.2, 0.25) is 0 Å². The molecule has 2 nitrogen and oxygen atoms in total.